The lowest BCUT2D eigenvalue weighted by molar-refractivity contribution is 0.617. The van der Waals surface area contributed by atoms with E-state index in [-0.39, 0.29) is 0 Å². The summed E-state index contributed by atoms with van der Waals surface area (Å²) in [6, 6.07) is 7.89. The van der Waals surface area contributed by atoms with E-state index in [0.717, 1.165) is 21.5 Å². The molecule has 3 rings (SSSR count). The highest BCUT2D eigenvalue weighted by Crippen LogP contribution is 2.31. The zero-order chi connectivity index (χ0) is 10.3. The number of hydrogen-bond donors (Lipinski definition) is 0. The quantitative estimate of drug-likeness (QED) is 0.682. The van der Waals surface area contributed by atoms with Crippen molar-refractivity contribution in [3.8, 4) is 10.6 Å². The van der Waals surface area contributed by atoms with E-state index in [1.807, 2.05) is 24.3 Å². The van der Waals surface area contributed by atoms with Crippen LogP contribution in [0, 0.1) is 0 Å². The number of halogens is 1. The van der Waals surface area contributed by atoms with Gasteiger partial charge in [-0.15, -0.1) is 0 Å². The Morgan fingerprint density at radius 2 is 2.13 bits per heavy atom. The fraction of sp³-hybridized carbons (Fsp3) is 0. The summed E-state index contributed by atoms with van der Waals surface area (Å²) >= 11 is 4.59. The molecule has 0 spiro atoms. The predicted molar refractivity (Wildman–Crippen MR) is 62.8 cm³/mol. The molecule has 0 bridgehead atoms. The van der Waals surface area contributed by atoms with Crippen molar-refractivity contribution in [1.82, 2.24) is 9.36 Å². The number of furan rings is 1. The van der Waals surface area contributed by atoms with Crippen molar-refractivity contribution in [3.63, 3.8) is 0 Å². The first-order chi connectivity index (χ1) is 7.34. The van der Waals surface area contributed by atoms with Gasteiger partial charge in [-0.2, -0.15) is 4.37 Å². The van der Waals surface area contributed by atoms with Gasteiger partial charge in [0.15, 0.2) is 0 Å². The molecular weight excluding hydrogens is 276 g/mol. The molecule has 2 heterocycles. The number of hydrogen-bond acceptors (Lipinski definition) is 4. The van der Waals surface area contributed by atoms with E-state index in [0.29, 0.717) is 4.73 Å². The summed E-state index contributed by atoms with van der Waals surface area (Å²) in [7, 11) is 0. The first kappa shape index (κ1) is 9.06. The van der Waals surface area contributed by atoms with Gasteiger partial charge in [0, 0.05) is 5.39 Å². The van der Waals surface area contributed by atoms with Crippen molar-refractivity contribution >= 4 is 38.4 Å². The molecule has 3 aromatic rings. The van der Waals surface area contributed by atoms with Gasteiger partial charge in [-0.25, -0.2) is 4.98 Å². The summed E-state index contributed by atoms with van der Waals surface area (Å²) in [5.41, 5.74) is 1.87. The van der Waals surface area contributed by atoms with Crippen LogP contribution in [-0.4, -0.2) is 9.36 Å². The minimum absolute atomic E-state index is 0.618. The summed E-state index contributed by atoms with van der Waals surface area (Å²) in [5, 5.41) is 1.94. The second-order valence-corrected chi connectivity index (χ2v) is 4.48. The van der Waals surface area contributed by atoms with E-state index in [4.69, 9.17) is 4.42 Å². The molecule has 15 heavy (non-hydrogen) atoms. The Labute approximate surface area is 98.1 Å². The van der Waals surface area contributed by atoms with Crippen LogP contribution in [0.15, 0.2) is 39.7 Å². The van der Waals surface area contributed by atoms with Gasteiger partial charge in [-0.1, -0.05) is 18.2 Å². The topological polar surface area (TPSA) is 38.9 Å². The van der Waals surface area contributed by atoms with Crippen molar-refractivity contribution in [2.45, 2.75) is 0 Å². The van der Waals surface area contributed by atoms with Gasteiger partial charge in [0.2, 0.25) is 4.73 Å². The molecule has 1 aromatic carbocycles. The van der Waals surface area contributed by atoms with E-state index >= 15 is 0 Å². The Balaban J connectivity index is 2.27. The molecule has 0 fully saturated rings. The van der Waals surface area contributed by atoms with E-state index in [1.165, 1.54) is 11.5 Å². The lowest BCUT2D eigenvalue weighted by Crippen LogP contribution is -1.72. The normalized spacial score (nSPS) is 11.0. The Morgan fingerprint density at radius 3 is 2.93 bits per heavy atom. The van der Waals surface area contributed by atoms with Crippen molar-refractivity contribution in [1.29, 1.82) is 0 Å². The molecule has 74 valence electrons. The van der Waals surface area contributed by atoms with Gasteiger partial charge in [0.25, 0.3) is 0 Å². The molecule has 0 amide bonds. The van der Waals surface area contributed by atoms with Crippen LogP contribution in [0.4, 0.5) is 0 Å². The van der Waals surface area contributed by atoms with Crippen molar-refractivity contribution < 1.29 is 4.42 Å². The smallest absolute Gasteiger partial charge is 0.209 e. The van der Waals surface area contributed by atoms with Gasteiger partial charge < -0.3 is 4.42 Å². The summed E-state index contributed by atoms with van der Waals surface area (Å²) in [4.78, 5) is 4.27. The maximum absolute atomic E-state index is 5.44. The molecule has 0 aliphatic heterocycles. The molecule has 0 aliphatic rings. The monoisotopic (exact) mass is 280 g/mol. The summed E-state index contributed by atoms with van der Waals surface area (Å²) < 4.78 is 10.1. The predicted octanol–water partition coefficient (Wildman–Crippen LogP) is 3.71. The van der Waals surface area contributed by atoms with Gasteiger partial charge in [-0.05, 0) is 33.5 Å². The summed E-state index contributed by atoms with van der Waals surface area (Å²) in [5.74, 6) is 0. The molecule has 0 aliphatic carbocycles. The van der Waals surface area contributed by atoms with Crippen LogP contribution < -0.4 is 0 Å². The first-order valence-corrected chi connectivity index (χ1v) is 5.87. The standard InChI is InChI=1S/C10H5BrN2OS/c11-10-12-9(15-13-10)7-5-14-8-4-2-1-3-6(7)8/h1-5H. The van der Waals surface area contributed by atoms with Crippen LogP contribution in [0.25, 0.3) is 21.5 Å². The number of fused-ring (bicyclic) bond motifs is 1. The van der Waals surface area contributed by atoms with Crippen LogP contribution in [0.2, 0.25) is 0 Å². The number of rotatable bonds is 1. The molecular formula is C10H5BrN2OS. The van der Waals surface area contributed by atoms with Crippen molar-refractivity contribution in [3.05, 3.63) is 35.3 Å². The lowest BCUT2D eigenvalue weighted by Gasteiger charge is -1.89. The molecule has 5 heteroatoms. The minimum atomic E-state index is 0.618. The fourth-order valence-electron chi connectivity index (χ4n) is 1.46. The Kier molecular flexibility index (Phi) is 2.07. The Morgan fingerprint density at radius 1 is 1.27 bits per heavy atom. The number of nitrogens with zero attached hydrogens (tertiary/aromatic N) is 2. The van der Waals surface area contributed by atoms with Crippen LogP contribution in [-0.2, 0) is 0 Å². The highest BCUT2D eigenvalue weighted by Gasteiger charge is 2.11. The maximum Gasteiger partial charge on any atom is 0.209 e. The van der Waals surface area contributed by atoms with Crippen LogP contribution in [0.1, 0.15) is 0 Å². The molecule has 2 aromatic heterocycles. The third-order valence-corrected chi connectivity index (χ3v) is 3.45. The molecule has 0 radical (unpaired) electrons. The number of para-hydroxylation sites is 1. The zero-order valence-electron chi connectivity index (χ0n) is 7.48. The third-order valence-electron chi connectivity index (χ3n) is 2.11. The molecule has 0 N–H and O–H groups in total. The number of aromatic nitrogens is 2. The fourth-order valence-corrected chi connectivity index (χ4v) is 2.56. The van der Waals surface area contributed by atoms with Crippen LogP contribution >= 0.6 is 27.5 Å². The minimum Gasteiger partial charge on any atom is -0.464 e. The molecule has 0 saturated carbocycles. The van der Waals surface area contributed by atoms with E-state index in [2.05, 4.69) is 25.3 Å². The van der Waals surface area contributed by atoms with Gasteiger partial charge in [-0.3, -0.25) is 0 Å². The Bertz CT molecular complexity index is 616. The third kappa shape index (κ3) is 1.48. The SMILES string of the molecule is Brc1nsc(-c2coc3ccccc23)n1. The summed E-state index contributed by atoms with van der Waals surface area (Å²) in [6.07, 6.45) is 1.72. The van der Waals surface area contributed by atoms with Gasteiger partial charge in [0.1, 0.15) is 16.9 Å². The Hall–Kier alpha value is -1.20. The highest BCUT2D eigenvalue weighted by molar-refractivity contribution is 9.10. The van der Waals surface area contributed by atoms with Gasteiger partial charge in [0.05, 0.1) is 5.56 Å². The summed E-state index contributed by atoms with van der Waals surface area (Å²) in [6.45, 7) is 0. The highest BCUT2D eigenvalue weighted by atomic mass is 79.9. The van der Waals surface area contributed by atoms with Gasteiger partial charge >= 0.3 is 0 Å². The molecule has 0 unspecified atom stereocenters. The van der Waals surface area contributed by atoms with Crippen molar-refractivity contribution in [2.75, 3.05) is 0 Å². The van der Waals surface area contributed by atoms with Crippen molar-refractivity contribution in [2.24, 2.45) is 0 Å². The zero-order valence-corrected chi connectivity index (χ0v) is 9.88. The molecule has 3 nitrogen and oxygen atoms in total. The van der Waals surface area contributed by atoms with E-state index in [9.17, 15) is 0 Å². The second kappa shape index (κ2) is 3.43. The van der Waals surface area contributed by atoms with E-state index in [1.54, 1.807) is 6.26 Å². The molecule has 0 atom stereocenters. The second-order valence-electron chi connectivity index (χ2n) is 3.01. The average Bonchev–Trinajstić information content (AvgIpc) is 2.83. The first-order valence-electron chi connectivity index (χ1n) is 4.30. The van der Waals surface area contributed by atoms with E-state index < -0.39 is 0 Å². The largest absolute Gasteiger partial charge is 0.464 e. The molecule has 0 saturated heterocycles. The number of benzene rings is 1. The van der Waals surface area contributed by atoms with Crippen LogP contribution in [0.5, 0.6) is 0 Å². The van der Waals surface area contributed by atoms with Crippen LogP contribution in [0.3, 0.4) is 0 Å². The maximum atomic E-state index is 5.44. The lowest BCUT2D eigenvalue weighted by atomic mass is 10.2. The average molecular weight is 281 g/mol.